The third-order valence-corrected chi connectivity index (χ3v) is 4.10. The molecule has 1 heteroatoms. The predicted octanol–water partition coefficient (Wildman–Crippen LogP) is 5.24. The third-order valence-electron chi connectivity index (χ3n) is 4.10. The number of nitrogens with one attached hydrogen (secondary N) is 1. The zero-order valence-corrected chi connectivity index (χ0v) is 11.8. The average molecular weight is 271 g/mol. The summed E-state index contributed by atoms with van der Waals surface area (Å²) in [5, 5.41) is 6.14. The first-order valence-electron chi connectivity index (χ1n) is 7.44. The fraction of sp³-hybridized carbons (Fsp3) is 0.100. The van der Waals surface area contributed by atoms with Gasteiger partial charge in [-0.15, -0.1) is 0 Å². The summed E-state index contributed by atoms with van der Waals surface area (Å²) < 4.78 is 0. The van der Waals surface area contributed by atoms with Gasteiger partial charge in [-0.25, -0.2) is 0 Å². The maximum Gasteiger partial charge on any atom is 0.0420 e. The van der Waals surface area contributed by atoms with E-state index in [1.54, 1.807) is 0 Å². The summed E-state index contributed by atoms with van der Waals surface area (Å²) in [5.41, 5.74) is 5.14. The lowest BCUT2D eigenvalue weighted by atomic mass is 9.94. The third kappa shape index (κ3) is 2.31. The summed E-state index contributed by atoms with van der Waals surface area (Å²) in [6, 6.07) is 23.7. The molecular weight excluding hydrogens is 254 g/mol. The molecule has 0 amide bonds. The van der Waals surface area contributed by atoms with Crippen molar-refractivity contribution in [2.24, 2.45) is 0 Å². The van der Waals surface area contributed by atoms with Gasteiger partial charge in [0.15, 0.2) is 0 Å². The molecule has 0 bridgehead atoms. The average Bonchev–Trinajstić information content (AvgIpc) is 2.55. The Kier molecular flexibility index (Phi) is 2.97. The lowest BCUT2D eigenvalue weighted by molar-refractivity contribution is 0.976. The Morgan fingerprint density at radius 1 is 0.762 bits per heavy atom. The van der Waals surface area contributed by atoms with Crippen LogP contribution >= 0.6 is 0 Å². The monoisotopic (exact) mass is 271 g/mol. The summed E-state index contributed by atoms with van der Waals surface area (Å²) in [6.45, 7) is 0. The van der Waals surface area contributed by atoms with Crippen LogP contribution in [0, 0.1) is 0 Å². The van der Waals surface area contributed by atoms with Crippen LogP contribution in [0.2, 0.25) is 0 Å². The maximum atomic E-state index is 3.59. The van der Waals surface area contributed by atoms with Gasteiger partial charge in [-0.1, -0.05) is 60.7 Å². The molecule has 3 aromatic rings. The van der Waals surface area contributed by atoms with E-state index < -0.39 is 0 Å². The molecule has 0 heterocycles. The number of hydrogen-bond acceptors (Lipinski definition) is 1. The van der Waals surface area contributed by atoms with Crippen LogP contribution in [0.1, 0.15) is 17.5 Å². The van der Waals surface area contributed by atoms with E-state index in [1.165, 1.54) is 27.6 Å². The summed E-state index contributed by atoms with van der Waals surface area (Å²) in [4.78, 5) is 0. The van der Waals surface area contributed by atoms with Crippen molar-refractivity contribution in [3.8, 4) is 0 Å². The number of aryl methyl sites for hydroxylation is 1. The van der Waals surface area contributed by atoms with Crippen molar-refractivity contribution in [3.63, 3.8) is 0 Å². The van der Waals surface area contributed by atoms with Crippen molar-refractivity contribution in [2.75, 3.05) is 5.32 Å². The van der Waals surface area contributed by atoms with Gasteiger partial charge in [0.25, 0.3) is 0 Å². The minimum atomic E-state index is 1.10. The van der Waals surface area contributed by atoms with Crippen LogP contribution in [-0.2, 0) is 6.42 Å². The smallest absolute Gasteiger partial charge is 0.0420 e. The van der Waals surface area contributed by atoms with Crippen molar-refractivity contribution >= 4 is 22.2 Å². The van der Waals surface area contributed by atoms with Gasteiger partial charge in [-0.05, 0) is 41.3 Å². The van der Waals surface area contributed by atoms with Crippen LogP contribution in [0.5, 0.6) is 0 Å². The molecule has 0 unspecified atom stereocenters. The molecule has 1 N–H and O–H groups in total. The molecular formula is C20H17N. The summed E-state index contributed by atoms with van der Waals surface area (Å²) in [7, 11) is 0. The van der Waals surface area contributed by atoms with Crippen molar-refractivity contribution in [2.45, 2.75) is 12.8 Å². The van der Waals surface area contributed by atoms with E-state index in [2.05, 4.69) is 78.1 Å². The quantitative estimate of drug-likeness (QED) is 0.672. The fourth-order valence-electron chi connectivity index (χ4n) is 3.02. The van der Waals surface area contributed by atoms with E-state index in [4.69, 9.17) is 0 Å². The molecule has 102 valence electrons. The summed E-state index contributed by atoms with van der Waals surface area (Å²) in [5.74, 6) is 0. The molecule has 0 aliphatic heterocycles. The SMILES string of the molecule is C1=C(Nc2ccc3ccccc3c2)c2ccccc2CC1. The van der Waals surface area contributed by atoms with Gasteiger partial charge in [-0.3, -0.25) is 0 Å². The van der Waals surface area contributed by atoms with Gasteiger partial charge >= 0.3 is 0 Å². The zero-order chi connectivity index (χ0) is 14.1. The fourth-order valence-corrected chi connectivity index (χ4v) is 3.02. The molecule has 0 saturated heterocycles. The summed E-state index contributed by atoms with van der Waals surface area (Å²) >= 11 is 0. The van der Waals surface area contributed by atoms with Gasteiger partial charge < -0.3 is 5.32 Å². The number of hydrogen-bond donors (Lipinski definition) is 1. The van der Waals surface area contributed by atoms with Gasteiger partial charge in [-0.2, -0.15) is 0 Å². The van der Waals surface area contributed by atoms with Crippen molar-refractivity contribution in [1.82, 2.24) is 0 Å². The van der Waals surface area contributed by atoms with Crippen LogP contribution in [0.4, 0.5) is 5.69 Å². The minimum absolute atomic E-state index is 1.10. The van der Waals surface area contributed by atoms with Crippen molar-refractivity contribution in [3.05, 3.63) is 83.9 Å². The first-order valence-corrected chi connectivity index (χ1v) is 7.44. The van der Waals surface area contributed by atoms with E-state index >= 15 is 0 Å². The molecule has 0 aromatic heterocycles. The number of benzene rings is 3. The van der Waals surface area contributed by atoms with Crippen LogP contribution in [0.3, 0.4) is 0 Å². The van der Waals surface area contributed by atoms with Gasteiger partial charge in [0.05, 0.1) is 0 Å². The van der Waals surface area contributed by atoms with Crippen LogP contribution in [0.25, 0.3) is 16.5 Å². The highest BCUT2D eigenvalue weighted by molar-refractivity contribution is 5.88. The van der Waals surface area contributed by atoms with E-state index in [9.17, 15) is 0 Å². The minimum Gasteiger partial charge on any atom is -0.355 e. The molecule has 3 aromatic carbocycles. The highest BCUT2D eigenvalue weighted by Crippen LogP contribution is 2.28. The van der Waals surface area contributed by atoms with Crippen LogP contribution in [0.15, 0.2) is 72.8 Å². The lowest BCUT2D eigenvalue weighted by Gasteiger charge is -2.19. The van der Waals surface area contributed by atoms with Gasteiger partial charge in [0, 0.05) is 16.9 Å². The molecule has 0 saturated carbocycles. The largest absolute Gasteiger partial charge is 0.355 e. The molecule has 1 nitrogen and oxygen atoms in total. The zero-order valence-electron chi connectivity index (χ0n) is 11.8. The second kappa shape index (κ2) is 5.10. The topological polar surface area (TPSA) is 12.0 Å². The molecule has 0 spiro atoms. The summed E-state index contributed by atoms with van der Waals surface area (Å²) in [6.07, 6.45) is 4.55. The van der Waals surface area contributed by atoms with E-state index in [0.717, 1.165) is 18.5 Å². The Bertz CT molecular complexity index is 830. The molecule has 0 fully saturated rings. The van der Waals surface area contributed by atoms with E-state index in [0.29, 0.717) is 0 Å². The Morgan fingerprint density at radius 3 is 2.52 bits per heavy atom. The second-order valence-electron chi connectivity index (χ2n) is 5.50. The van der Waals surface area contributed by atoms with Crippen LogP contribution < -0.4 is 5.32 Å². The highest BCUT2D eigenvalue weighted by Gasteiger charge is 2.11. The Morgan fingerprint density at radius 2 is 1.57 bits per heavy atom. The number of allylic oxidation sites excluding steroid dienone is 1. The Balaban J connectivity index is 1.70. The van der Waals surface area contributed by atoms with E-state index in [1.807, 2.05) is 0 Å². The lowest BCUT2D eigenvalue weighted by Crippen LogP contribution is -2.06. The van der Waals surface area contributed by atoms with Crippen molar-refractivity contribution in [1.29, 1.82) is 0 Å². The molecule has 1 aliphatic rings. The highest BCUT2D eigenvalue weighted by atomic mass is 14.9. The molecule has 21 heavy (non-hydrogen) atoms. The molecule has 1 aliphatic carbocycles. The molecule has 0 radical (unpaired) electrons. The second-order valence-corrected chi connectivity index (χ2v) is 5.50. The molecule has 4 rings (SSSR count). The standard InChI is InChI=1S/C20H17N/c1-2-8-17-14-18(13-12-15(17)6-1)21-20-11-5-9-16-7-3-4-10-19(16)20/h1-4,6-8,10-14,21H,5,9H2. The van der Waals surface area contributed by atoms with Crippen LogP contribution in [-0.4, -0.2) is 0 Å². The van der Waals surface area contributed by atoms with Gasteiger partial charge in [0.2, 0.25) is 0 Å². The first-order chi connectivity index (χ1) is 10.4. The molecule has 0 atom stereocenters. The maximum absolute atomic E-state index is 3.59. The first kappa shape index (κ1) is 12.2. The normalized spacial score (nSPS) is 13.6. The van der Waals surface area contributed by atoms with Gasteiger partial charge in [0.1, 0.15) is 0 Å². The number of rotatable bonds is 2. The number of anilines is 1. The Labute approximate surface area is 124 Å². The van der Waals surface area contributed by atoms with Crippen molar-refractivity contribution < 1.29 is 0 Å². The number of fused-ring (bicyclic) bond motifs is 2. The Hall–Kier alpha value is -2.54. The predicted molar refractivity (Wildman–Crippen MR) is 90.3 cm³/mol. The van der Waals surface area contributed by atoms with E-state index in [-0.39, 0.29) is 0 Å².